The molecule has 0 aliphatic carbocycles. The molecule has 0 heterocycles. The molecule has 0 aliphatic rings. The van der Waals surface area contributed by atoms with Crippen molar-refractivity contribution in [1.82, 2.24) is 5.43 Å². The molecule has 2 aromatic carbocycles. The highest BCUT2D eigenvalue weighted by Gasteiger charge is 2.09. The highest BCUT2D eigenvalue weighted by atomic mass is 79.9. The summed E-state index contributed by atoms with van der Waals surface area (Å²) in [7, 11) is 0. The van der Waals surface area contributed by atoms with Gasteiger partial charge in [0, 0.05) is 21.4 Å². The smallest absolute Gasteiger partial charge is 0.277 e. The van der Waals surface area contributed by atoms with E-state index >= 15 is 0 Å². The second-order valence-electron chi connectivity index (χ2n) is 6.37. The van der Waals surface area contributed by atoms with Gasteiger partial charge in [-0.15, -0.1) is 0 Å². The number of ether oxygens (including phenoxy) is 1. The van der Waals surface area contributed by atoms with Gasteiger partial charge in [-0.1, -0.05) is 15.9 Å². The van der Waals surface area contributed by atoms with Gasteiger partial charge in [-0.25, -0.2) is 5.43 Å². The lowest BCUT2D eigenvalue weighted by Crippen LogP contribution is -2.26. The number of nitrogens with one attached hydrogen (secondary N) is 2. The minimum atomic E-state index is -0.543. The van der Waals surface area contributed by atoms with Crippen LogP contribution in [0.4, 0.5) is 5.69 Å². The van der Waals surface area contributed by atoms with E-state index in [2.05, 4.69) is 47.7 Å². The fourth-order valence-electron chi connectivity index (χ4n) is 2.27. The Bertz CT molecular complexity index is 991. The first kappa shape index (κ1) is 23.6. The van der Waals surface area contributed by atoms with Crippen molar-refractivity contribution in [2.24, 2.45) is 10.8 Å². The Morgan fingerprint density at radius 2 is 1.73 bits per heavy atom. The van der Waals surface area contributed by atoms with Gasteiger partial charge in [-0.2, -0.15) is 5.10 Å². The van der Waals surface area contributed by atoms with E-state index in [0.29, 0.717) is 27.2 Å². The predicted octanol–water partition coefficient (Wildman–Crippen LogP) is 3.52. The number of hydrogen-bond donors (Lipinski definition) is 3. The van der Waals surface area contributed by atoms with Crippen LogP contribution in [0.1, 0.15) is 29.3 Å². The van der Waals surface area contributed by atoms with Crippen LogP contribution < -0.4 is 21.2 Å². The quantitative estimate of drug-likeness (QED) is 0.351. The largest absolute Gasteiger partial charge is 0.483 e. The lowest BCUT2D eigenvalue weighted by atomic mass is 10.2. The first-order valence-corrected chi connectivity index (χ1v) is 10.3. The summed E-state index contributed by atoms with van der Waals surface area (Å²) < 4.78 is 7.13. The number of amides is 3. The first-order valence-electron chi connectivity index (χ1n) is 8.76. The molecule has 0 saturated heterocycles. The van der Waals surface area contributed by atoms with E-state index in [-0.39, 0.29) is 18.9 Å². The molecule has 0 radical (unpaired) electrons. The van der Waals surface area contributed by atoms with Crippen molar-refractivity contribution in [3.63, 3.8) is 0 Å². The third-order valence-corrected chi connectivity index (χ3v) is 5.29. The van der Waals surface area contributed by atoms with Crippen molar-refractivity contribution in [1.29, 1.82) is 0 Å². The van der Waals surface area contributed by atoms with E-state index in [4.69, 9.17) is 10.5 Å². The van der Waals surface area contributed by atoms with Gasteiger partial charge in [0.05, 0.1) is 10.9 Å². The second kappa shape index (κ2) is 10.9. The first-order chi connectivity index (χ1) is 14.2. The average molecular weight is 540 g/mol. The van der Waals surface area contributed by atoms with Gasteiger partial charge < -0.3 is 15.8 Å². The number of nitrogens with two attached hydrogens (primary N) is 1. The van der Waals surface area contributed by atoms with Crippen molar-refractivity contribution < 1.29 is 19.1 Å². The van der Waals surface area contributed by atoms with Crippen LogP contribution in [0.15, 0.2) is 50.4 Å². The standard InChI is InChI=1S/C20H20Br2N4O4/c1-11-7-17(16(22)9-15(11)21)30-10-19(28)26-25-12(2)8-18(27)24-14-5-3-13(4-6-14)20(23)29/h3-7,9H,8,10H2,1-2H3,(H2,23,29)(H,24,27)(H,26,28)/b25-12-. The van der Waals surface area contributed by atoms with Crippen LogP contribution in [-0.2, 0) is 9.59 Å². The fourth-order valence-corrected chi connectivity index (χ4v) is 3.38. The molecule has 158 valence electrons. The Morgan fingerprint density at radius 1 is 1.07 bits per heavy atom. The minimum Gasteiger partial charge on any atom is -0.483 e. The van der Waals surface area contributed by atoms with Crippen LogP contribution >= 0.6 is 31.9 Å². The molecule has 2 rings (SSSR count). The number of aryl methyl sites for hydroxylation is 1. The van der Waals surface area contributed by atoms with E-state index in [1.165, 1.54) is 12.1 Å². The monoisotopic (exact) mass is 538 g/mol. The molecule has 0 fully saturated rings. The number of anilines is 1. The fraction of sp³-hybridized carbons (Fsp3) is 0.200. The number of benzene rings is 2. The Kier molecular flexibility index (Phi) is 8.55. The third kappa shape index (κ3) is 7.27. The summed E-state index contributed by atoms with van der Waals surface area (Å²) in [5.41, 5.74) is 9.78. The van der Waals surface area contributed by atoms with Gasteiger partial charge in [0.25, 0.3) is 5.91 Å². The predicted molar refractivity (Wildman–Crippen MR) is 122 cm³/mol. The van der Waals surface area contributed by atoms with E-state index in [9.17, 15) is 14.4 Å². The molecule has 0 atom stereocenters. The molecule has 0 saturated carbocycles. The van der Waals surface area contributed by atoms with E-state index < -0.39 is 11.8 Å². The normalized spacial score (nSPS) is 11.0. The summed E-state index contributed by atoms with van der Waals surface area (Å²) in [4.78, 5) is 35.1. The molecule has 30 heavy (non-hydrogen) atoms. The minimum absolute atomic E-state index is 0.0177. The molecule has 10 heteroatoms. The number of primary amides is 1. The van der Waals surface area contributed by atoms with Crippen LogP contribution in [0.5, 0.6) is 5.75 Å². The molecule has 0 unspecified atom stereocenters. The topological polar surface area (TPSA) is 123 Å². The summed E-state index contributed by atoms with van der Waals surface area (Å²) in [5.74, 6) is -0.779. The van der Waals surface area contributed by atoms with Crippen molar-refractivity contribution in [3.8, 4) is 5.75 Å². The number of carbonyl (C=O) groups excluding carboxylic acids is 3. The Morgan fingerprint density at radius 3 is 2.37 bits per heavy atom. The van der Waals surface area contributed by atoms with Crippen molar-refractivity contribution >= 4 is 61.0 Å². The van der Waals surface area contributed by atoms with Gasteiger partial charge in [0.15, 0.2) is 6.61 Å². The Balaban J connectivity index is 1.81. The van der Waals surface area contributed by atoms with E-state index in [1.807, 2.05) is 13.0 Å². The van der Waals surface area contributed by atoms with Crippen LogP contribution in [0.2, 0.25) is 0 Å². The number of carbonyl (C=O) groups is 3. The maximum atomic E-state index is 12.1. The number of nitrogens with zero attached hydrogens (tertiary/aromatic N) is 1. The zero-order valence-corrected chi connectivity index (χ0v) is 19.5. The SMILES string of the molecule is C/C(CC(=O)Nc1ccc(C(N)=O)cc1)=N/NC(=O)COc1cc(C)c(Br)cc1Br. The van der Waals surface area contributed by atoms with E-state index in [0.717, 1.165) is 10.0 Å². The van der Waals surface area contributed by atoms with Gasteiger partial charge in [-0.05, 0) is 71.7 Å². The molecule has 0 aromatic heterocycles. The summed E-state index contributed by atoms with van der Waals surface area (Å²) in [6.07, 6.45) is -0.0177. The molecule has 3 amide bonds. The number of hydrogen-bond acceptors (Lipinski definition) is 5. The van der Waals surface area contributed by atoms with Crippen molar-refractivity contribution in [2.45, 2.75) is 20.3 Å². The van der Waals surface area contributed by atoms with Crippen LogP contribution in [0.3, 0.4) is 0 Å². The molecule has 0 aliphatic heterocycles. The molecule has 0 bridgehead atoms. The number of rotatable bonds is 8. The molecular weight excluding hydrogens is 520 g/mol. The van der Waals surface area contributed by atoms with Gasteiger partial charge >= 0.3 is 0 Å². The highest BCUT2D eigenvalue weighted by Crippen LogP contribution is 2.31. The zero-order chi connectivity index (χ0) is 22.3. The molecular formula is C20H20Br2N4O4. The zero-order valence-electron chi connectivity index (χ0n) is 16.3. The maximum absolute atomic E-state index is 12.1. The average Bonchev–Trinajstić information content (AvgIpc) is 2.68. The van der Waals surface area contributed by atoms with Crippen molar-refractivity contribution in [3.05, 3.63) is 56.5 Å². The second-order valence-corrected chi connectivity index (χ2v) is 8.08. The molecule has 0 spiro atoms. The van der Waals surface area contributed by atoms with Gasteiger partial charge in [-0.3, -0.25) is 14.4 Å². The summed E-state index contributed by atoms with van der Waals surface area (Å²) in [6.45, 7) is 3.30. The molecule has 2 aromatic rings. The van der Waals surface area contributed by atoms with Crippen LogP contribution in [-0.4, -0.2) is 30.0 Å². The lowest BCUT2D eigenvalue weighted by Gasteiger charge is -2.10. The molecule has 4 N–H and O–H groups in total. The maximum Gasteiger partial charge on any atom is 0.277 e. The number of halogens is 2. The highest BCUT2D eigenvalue weighted by molar-refractivity contribution is 9.11. The Hall–Kier alpha value is -2.72. The third-order valence-electron chi connectivity index (χ3n) is 3.81. The van der Waals surface area contributed by atoms with Crippen LogP contribution in [0.25, 0.3) is 0 Å². The Labute approximate surface area is 190 Å². The lowest BCUT2D eigenvalue weighted by molar-refractivity contribution is -0.123. The number of hydrazone groups is 1. The summed E-state index contributed by atoms with van der Waals surface area (Å²) >= 11 is 6.79. The molecule has 8 nitrogen and oxygen atoms in total. The summed E-state index contributed by atoms with van der Waals surface area (Å²) in [5, 5.41) is 6.58. The van der Waals surface area contributed by atoms with Gasteiger partial charge in [0.2, 0.25) is 11.8 Å². The van der Waals surface area contributed by atoms with Gasteiger partial charge in [0.1, 0.15) is 5.75 Å². The van der Waals surface area contributed by atoms with Crippen molar-refractivity contribution in [2.75, 3.05) is 11.9 Å². The van der Waals surface area contributed by atoms with E-state index in [1.54, 1.807) is 25.1 Å². The summed E-state index contributed by atoms with van der Waals surface area (Å²) in [6, 6.07) is 9.83. The van der Waals surface area contributed by atoms with Crippen LogP contribution in [0, 0.1) is 6.92 Å².